The molecule has 2 amide bonds. The van der Waals surface area contributed by atoms with Gasteiger partial charge < -0.3 is 19.7 Å². The molecule has 1 aromatic carbocycles. The summed E-state index contributed by atoms with van der Waals surface area (Å²) >= 11 is 0. The predicted octanol–water partition coefficient (Wildman–Crippen LogP) is 1.60. The van der Waals surface area contributed by atoms with Gasteiger partial charge in [-0.3, -0.25) is 14.4 Å². The van der Waals surface area contributed by atoms with E-state index >= 15 is 0 Å². The van der Waals surface area contributed by atoms with Crippen molar-refractivity contribution in [2.24, 2.45) is 5.92 Å². The van der Waals surface area contributed by atoms with Crippen LogP contribution in [0.4, 0.5) is 5.69 Å². The molecular formula is C19H24N2O6. The Labute approximate surface area is 157 Å². The van der Waals surface area contributed by atoms with Gasteiger partial charge in [0.05, 0.1) is 30.4 Å². The molecule has 1 aliphatic rings. The van der Waals surface area contributed by atoms with E-state index in [1.807, 2.05) is 0 Å². The Morgan fingerprint density at radius 3 is 2.30 bits per heavy atom. The first-order valence-corrected chi connectivity index (χ1v) is 9.00. The Balaban J connectivity index is 1.96. The largest absolute Gasteiger partial charge is 0.466 e. The van der Waals surface area contributed by atoms with Crippen molar-refractivity contribution in [1.82, 2.24) is 4.90 Å². The van der Waals surface area contributed by atoms with Gasteiger partial charge in [-0.1, -0.05) is 12.1 Å². The van der Waals surface area contributed by atoms with Crippen LogP contribution in [0.3, 0.4) is 0 Å². The summed E-state index contributed by atoms with van der Waals surface area (Å²) in [6.45, 7) is 4.55. The third-order valence-electron chi connectivity index (χ3n) is 4.27. The maximum absolute atomic E-state index is 12.4. The van der Waals surface area contributed by atoms with E-state index in [4.69, 9.17) is 9.47 Å². The lowest BCUT2D eigenvalue weighted by atomic mass is 9.97. The summed E-state index contributed by atoms with van der Waals surface area (Å²) in [6, 6.07) is 6.34. The molecule has 1 saturated heterocycles. The van der Waals surface area contributed by atoms with E-state index < -0.39 is 17.8 Å². The second-order valence-corrected chi connectivity index (χ2v) is 6.04. The fourth-order valence-corrected chi connectivity index (χ4v) is 2.88. The van der Waals surface area contributed by atoms with E-state index in [0.29, 0.717) is 32.5 Å². The number of ether oxygens (including phenoxy) is 2. The Bertz CT molecular complexity index is 710. The molecule has 8 heteroatoms. The SMILES string of the molecule is CCOC(=O)c1ccccc1NC(=O)C(=O)N1CCC(C(=O)OCC)CC1. The number of carbonyl (C=O) groups excluding carboxylic acids is 4. The first-order valence-electron chi connectivity index (χ1n) is 9.00. The summed E-state index contributed by atoms with van der Waals surface area (Å²) in [5.41, 5.74) is 0.400. The normalized spacial score (nSPS) is 14.4. The van der Waals surface area contributed by atoms with Crippen LogP contribution < -0.4 is 5.32 Å². The molecule has 0 radical (unpaired) electrons. The number of para-hydroxylation sites is 1. The molecule has 0 saturated carbocycles. The van der Waals surface area contributed by atoms with Gasteiger partial charge in [0.1, 0.15) is 0 Å². The van der Waals surface area contributed by atoms with Gasteiger partial charge >= 0.3 is 23.8 Å². The first-order chi connectivity index (χ1) is 13.0. The molecule has 27 heavy (non-hydrogen) atoms. The number of hydrogen-bond donors (Lipinski definition) is 1. The van der Waals surface area contributed by atoms with Crippen LogP contribution in [0.15, 0.2) is 24.3 Å². The van der Waals surface area contributed by atoms with Crippen LogP contribution >= 0.6 is 0 Å². The Kier molecular flexibility index (Phi) is 7.34. The zero-order chi connectivity index (χ0) is 19.8. The van der Waals surface area contributed by atoms with Crippen LogP contribution in [0.2, 0.25) is 0 Å². The van der Waals surface area contributed by atoms with Crippen molar-refractivity contribution in [3.63, 3.8) is 0 Å². The van der Waals surface area contributed by atoms with Crippen molar-refractivity contribution < 1.29 is 28.7 Å². The molecule has 146 valence electrons. The van der Waals surface area contributed by atoms with Crippen LogP contribution in [-0.2, 0) is 23.9 Å². The van der Waals surface area contributed by atoms with Crippen molar-refractivity contribution in [1.29, 1.82) is 0 Å². The van der Waals surface area contributed by atoms with Crippen molar-refractivity contribution >= 4 is 29.4 Å². The molecule has 0 bridgehead atoms. The van der Waals surface area contributed by atoms with Gasteiger partial charge in [-0.25, -0.2) is 4.79 Å². The average molecular weight is 376 g/mol. The predicted molar refractivity (Wildman–Crippen MR) is 97.0 cm³/mol. The maximum Gasteiger partial charge on any atom is 0.340 e. The molecule has 0 unspecified atom stereocenters. The monoisotopic (exact) mass is 376 g/mol. The van der Waals surface area contributed by atoms with Gasteiger partial charge in [0, 0.05) is 13.1 Å². The zero-order valence-corrected chi connectivity index (χ0v) is 15.5. The maximum atomic E-state index is 12.4. The third-order valence-corrected chi connectivity index (χ3v) is 4.27. The topological polar surface area (TPSA) is 102 Å². The molecule has 2 rings (SSSR count). The fraction of sp³-hybridized carbons (Fsp3) is 0.474. The zero-order valence-electron chi connectivity index (χ0n) is 15.5. The van der Waals surface area contributed by atoms with E-state index in [-0.39, 0.29) is 29.7 Å². The summed E-state index contributed by atoms with van der Waals surface area (Å²) in [4.78, 5) is 49.8. The third kappa shape index (κ3) is 5.29. The highest BCUT2D eigenvalue weighted by atomic mass is 16.5. The summed E-state index contributed by atoms with van der Waals surface area (Å²) in [5, 5.41) is 2.48. The summed E-state index contributed by atoms with van der Waals surface area (Å²) < 4.78 is 9.95. The van der Waals surface area contributed by atoms with Crippen LogP contribution in [0, 0.1) is 5.92 Å². The van der Waals surface area contributed by atoms with E-state index in [2.05, 4.69) is 5.32 Å². The lowest BCUT2D eigenvalue weighted by molar-refractivity contribution is -0.152. The standard InChI is InChI=1S/C19H24N2O6/c1-3-26-18(24)13-9-11-21(12-10-13)17(23)16(22)20-15-8-6-5-7-14(15)19(25)27-4-2/h5-8,13H,3-4,9-12H2,1-2H3,(H,20,22). The van der Waals surface area contributed by atoms with E-state index in [1.165, 1.54) is 17.0 Å². The highest BCUT2D eigenvalue weighted by Gasteiger charge is 2.31. The molecule has 1 aromatic rings. The first kappa shape index (κ1) is 20.4. The second-order valence-electron chi connectivity index (χ2n) is 6.04. The fourth-order valence-electron chi connectivity index (χ4n) is 2.88. The van der Waals surface area contributed by atoms with Gasteiger partial charge in [-0.05, 0) is 38.8 Å². The van der Waals surface area contributed by atoms with Crippen LogP contribution in [0.25, 0.3) is 0 Å². The molecule has 1 heterocycles. The van der Waals surface area contributed by atoms with E-state index in [1.54, 1.807) is 26.0 Å². The molecule has 0 aliphatic carbocycles. The smallest absolute Gasteiger partial charge is 0.340 e. The van der Waals surface area contributed by atoms with Crippen LogP contribution in [0.1, 0.15) is 37.0 Å². The van der Waals surface area contributed by atoms with Crippen molar-refractivity contribution in [2.45, 2.75) is 26.7 Å². The number of piperidine rings is 1. The molecule has 0 atom stereocenters. The van der Waals surface area contributed by atoms with Crippen molar-refractivity contribution in [3.8, 4) is 0 Å². The molecule has 0 aromatic heterocycles. The van der Waals surface area contributed by atoms with Gasteiger partial charge in [0.25, 0.3) is 0 Å². The number of hydrogen-bond acceptors (Lipinski definition) is 6. The number of likely N-dealkylation sites (tertiary alicyclic amines) is 1. The Morgan fingerprint density at radius 2 is 1.67 bits per heavy atom. The summed E-state index contributed by atoms with van der Waals surface area (Å²) in [5.74, 6) is -2.62. The quantitative estimate of drug-likeness (QED) is 0.619. The second kappa shape index (κ2) is 9.70. The molecule has 8 nitrogen and oxygen atoms in total. The highest BCUT2D eigenvalue weighted by molar-refractivity contribution is 6.39. The molecule has 1 aliphatic heterocycles. The Morgan fingerprint density at radius 1 is 1.04 bits per heavy atom. The minimum absolute atomic E-state index is 0.182. The lowest BCUT2D eigenvalue weighted by Crippen LogP contribution is -2.45. The summed E-state index contributed by atoms with van der Waals surface area (Å²) in [7, 11) is 0. The van der Waals surface area contributed by atoms with Crippen LogP contribution in [-0.4, -0.2) is 55.0 Å². The van der Waals surface area contributed by atoms with Gasteiger partial charge in [-0.15, -0.1) is 0 Å². The van der Waals surface area contributed by atoms with Gasteiger partial charge in [-0.2, -0.15) is 0 Å². The average Bonchev–Trinajstić information content (AvgIpc) is 2.68. The molecule has 0 spiro atoms. The Hall–Kier alpha value is -2.90. The van der Waals surface area contributed by atoms with E-state index in [9.17, 15) is 19.2 Å². The minimum atomic E-state index is -0.832. The number of carbonyl (C=O) groups is 4. The number of benzene rings is 1. The lowest BCUT2D eigenvalue weighted by Gasteiger charge is -2.30. The highest BCUT2D eigenvalue weighted by Crippen LogP contribution is 2.20. The molecule has 1 N–H and O–H groups in total. The number of nitrogens with one attached hydrogen (secondary N) is 1. The molecule has 1 fully saturated rings. The number of amides is 2. The van der Waals surface area contributed by atoms with E-state index in [0.717, 1.165) is 0 Å². The van der Waals surface area contributed by atoms with Crippen molar-refractivity contribution in [2.75, 3.05) is 31.6 Å². The van der Waals surface area contributed by atoms with Gasteiger partial charge in [0.15, 0.2) is 0 Å². The van der Waals surface area contributed by atoms with Crippen molar-refractivity contribution in [3.05, 3.63) is 29.8 Å². The number of rotatable bonds is 5. The van der Waals surface area contributed by atoms with Gasteiger partial charge in [0.2, 0.25) is 0 Å². The minimum Gasteiger partial charge on any atom is -0.466 e. The number of nitrogens with zero attached hydrogens (tertiary/aromatic N) is 1. The summed E-state index contributed by atoms with van der Waals surface area (Å²) in [6.07, 6.45) is 0.911. The van der Waals surface area contributed by atoms with Crippen LogP contribution in [0.5, 0.6) is 0 Å². The molecular weight excluding hydrogens is 352 g/mol. The number of esters is 2. The number of anilines is 1.